The Kier molecular flexibility index (Phi) is 3.65. The van der Waals surface area contributed by atoms with Crippen LogP contribution in [0.2, 0.25) is 0 Å². The normalized spacial score (nSPS) is 17.2. The topological polar surface area (TPSA) is 99.3 Å². The van der Waals surface area contributed by atoms with Crippen molar-refractivity contribution in [3.05, 3.63) is 22.9 Å². The molecule has 1 aliphatic heterocycles. The van der Waals surface area contributed by atoms with Crippen molar-refractivity contribution in [2.45, 2.75) is 4.34 Å². The van der Waals surface area contributed by atoms with Gasteiger partial charge in [-0.15, -0.1) is 10.2 Å². The van der Waals surface area contributed by atoms with Crippen molar-refractivity contribution in [3.8, 4) is 5.13 Å². The lowest BCUT2D eigenvalue weighted by Crippen LogP contribution is -2.40. The number of nitrogens with zero attached hydrogens (tertiary/aromatic N) is 5. The molecule has 1 saturated heterocycles. The van der Waals surface area contributed by atoms with Crippen molar-refractivity contribution >= 4 is 21.4 Å². The van der Waals surface area contributed by atoms with Gasteiger partial charge in [0.15, 0.2) is 0 Å². The first kappa shape index (κ1) is 14.4. The Morgan fingerprint density at radius 2 is 1.95 bits per heavy atom. The van der Waals surface area contributed by atoms with Crippen molar-refractivity contribution in [3.63, 3.8) is 0 Å². The molecule has 0 aromatic carbocycles. The second-order valence-electron chi connectivity index (χ2n) is 4.43. The first-order valence-corrected chi connectivity index (χ1v) is 8.41. The van der Waals surface area contributed by atoms with Gasteiger partial charge in [-0.05, 0) is 0 Å². The largest absolute Gasteiger partial charge is 0.379 e. The zero-order valence-corrected chi connectivity index (χ0v) is 12.8. The molecule has 0 N–H and O–H groups in total. The van der Waals surface area contributed by atoms with Crippen LogP contribution in [0.5, 0.6) is 0 Å². The van der Waals surface area contributed by atoms with Gasteiger partial charge in [0.2, 0.25) is 9.47 Å². The van der Waals surface area contributed by atoms with Crippen LogP contribution in [0.4, 0.5) is 0 Å². The lowest BCUT2D eigenvalue weighted by atomic mass is 10.5. The van der Waals surface area contributed by atoms with Crippen LogP contribution in [0, 0.1) is 0 Å². The minimum Gasteiger partial charge on any atom is -0.379 e. The van der Waals surface area contributed by atoms with E-state index in [4.69, 9.17) is 4.74 Å². The summed E-state index contributed by atoms with van der Waals surface area (Å²) in [6.45, 7) is 1.32. The Balaban J connectivity index is 1.94. The summed E-state index contributed by atoms with van der Waals surface area (Å²) < 4.78 is 33.8. The number of hydrogen-bond donors (Lipinski definition) is 0. The molecule has 2 aromatic heterocycles. The van der Waals surface area contributed by atoms with E-state index < -0.39 is 10.0 Å². The highest BCUT2D eigenvalue weighted by Gasteiger charge is 2.30. The van der Waals surface area contributed by atoms with E-state index in [1.54, 1.807) is 13.2 Å². The number of hydrogen-bond acceptors (Lipinski definition) is 7. The third-order valence-electron chi connectivity index (χ3n) is 3.08. The van der Waals surface area contributed by atoms with Gasteiger partial charge in [-0.1, -0.05) is 11.3 Å². The summed E-state index contributed by atoms with van der Waals surface area (Å²) in [6.07, 6.45) is 3.09. The van der Waals surface area contributed by atoms with Crippen LogP contribution in [0.25, 0.3) is 5.13 Å². The van der Waals surface area contributed by atoms with Crippen LogP contribution in [0.1, 0.15) is 0 Å². The van der Waals surface area contributed by atoms with Gasteiger partial charge in [0.25, 0.3) is 10.0 Å². The van der Waals surface area contributed by atoms with Gasteiger partial charge in [-0.2, -0.15) is 4.31 Å². The maximum Gasteiger partial charge on any atom is 0.334 e. The average Bonchev–Trinajstić information content (AvgIpc) is 3.09. The zero-order valence-electron chi connectivity index (χ0n) is 11.2. The molecule has 0 bridgehead atoms. The van der Waals surface area contributed by atoms with Crippen molar-refractivity contribution in [1.29, 1.82) is 0 Å². The molecule has 0 atom stereocenters. The Bertz CT molecular complexity index is 800. The molecule has 11 heteroatoms. The average molecular weight is 331 g/mol. The number of sulfonamides is 1. The van der Waals surface area contributed by atoms with E-state index in [1.807, 2.05) is 0 Å². The monoisotopic (exact) mass is 331 g/mol. The third kappa shape index (κ3) is 2.52. The highest BCUT2D eigenvalue weighted by atomic mass is 32.2. The van der Waals surface area contributed by atoms with Gasteiger partial charge in [-0.25, -0.2) is 17.8 Å². The quantitative estimate of drug-likeness (QED) is 0.719. The number of rotatable bonds is 3. The SMILES string of the molecule is Cn1ccn(-c2nnc(S(=O)(=O)N3CCOCC3)s2)c1=O. The van der Waals surface area contributed by atoms with Gasteiger partial charge >= 0.3 is 5.69 Å². The molecule has 0 unspecified atom stereocenters. The standard InChI is InChI=1S/C10H13N5O4S2/c1-13-2-3-15(10(13)16)8-11-12-9(20-8)21(17,18)14-4-6-19-7-5-14/h2-3H,4-7H2,1H3. The Labute approximate surface area is 124 Å². The van der Waals surface area contributed by atoms with Crippen LogP contribution >= 0.6 is 11.3 Å². The maximum absolute atomic E-state index is 12.4. The van der Waals surface area contributed by atoms with E-state index in [1.165, 1.54) is 19.6 Å². The van der Waals surface area contributed by atoms with Crippen LogP contribution < -0.4 is 5.69 Å². The molecule has 3 rings (SSSR count). The molecule has 1 fully saturated rings. The van der Waals surface area contributed by atoms with Gasteiger partial charge in [0, 0.05) is 32.5 Å². The van der Waals surface area contributed by atoms with E-state index in [2.05, 4.69) is 10.2 Å². The lowest BCUT2D eigenvalue weighted by molar-refractivity contribution is 0.0730. The van der Waals surface area contributed by atoms with Crippen LogP contribution in [-0.4, -0.2) is 58.4 Å². The summed E-state index contributed by atoms with van der Waals surface area (Å²) in [5, 5.41) is 7.75. The molecule has 2 aromatic rings. The zero-order chi connectivity index (χ0) is 15.0. The fourth-order valence-corrected chi connectivity index (χ4v) is 4.42. The van der Waals surface area contributed by atoms with Crippen LogP contribution in [-0.2, 0) is 21.8 Å². The Morgan fingerprint density at radius 3 is 2.57 bits per heavy atom. The molecule has 0 amide bonds. The number of morpholine rings is 1. The summed E-state index contributed by atoms with van der Waals surface area (Å²) in [4.78, 5) is 11.8. The molecule has 1 aliphatic rings. The number of aromatic nitrogens is 4. The predicted octanol–water partition coefficient (Wildman–Crippen LogP) is -0.952. The molecule has 0 radical (unpaired) electrons. The Hall–Kier alpha value is -1.56. The highest BCUT2D eigenvalue weighted by Crippen LogP contribution is 2.22. The number of aryl methyl sites for hydroxylation is 1. The summed E-state index contributed by atoms with van der Waals surface area (Å²) in [6, 6.07) is 0. The molecule has 9 nitrogen and oxygen atoms in total. The van der Waals surface area contributed by atoms with Gasteiger partial charge in [0.05, 0.1) is 13.2 Å². The van der Waals surface area contributed by atoms with Gasteiger partial charge in [0.1, 0.15) is 0 Å². The number of ether oxygens (including phenoxy) is 1. The van der Waals surface area contributed by atoms with Gasteiger partial charge < -0.3 is 9.30 Å². The molecule has 21 heavy (non-hydrogen) atoms. The highest BCUT2D eigenvalue weighted by molar-refractivity contribution is 7.91. The molecule has 0 saturated carbocycles. The van der Waals surface area contributed by atoms with E-state index in [9.17, 15) is 13.2 Å². The van der Waals surface area contributed by atoms with Crippen LogP contribution in [0.15, 0.2) is 21.5 Å². The van der Waals surface area contributed by atoms with Crippen molar-refractivity contribution < 1.29 is 13.2 Å². The second-order valence-corrected chi connectivity index (χ2v) is 7.50. The first-order valence-electron chi connectivity index (χ1n) is 6.16. The lowest BCUT2D eigenvalue weighted by Gasteiger charge is -2.24. The predicted molar refractivity (Wildman–Crippen MR) is 74.1 cm³/mol. The van der Waals surface area contributed by atoms with E-state index in [0.717, 1.165) is 11.3 Å². The van der Waals surface area contributed by atoms with E-state index in [0.29, 0.717) is 26.3 Å². The first-order chi connectivity index (χ1) is 10.00. The minimum atomic E-state index is -3.68. The van der Waals surface area contributed by atoms with Crippen molar-refractivity contribution in [2.75, 3.05) is 26.3 Å². The fourth-order valence-electron chi connectivity index (χ4n) is 1.91. The molecule has 0 aliphatic carbocycles. The van der Waals surface area contributed by atoms with E-state index >= 15 is 0 Å². The fraction of sp³-hybridized carbons (Fsp3) is 0.500. The third-order valence-corrected chi connectivity index (χ3v) is 6.25. The summed E-state index contributed by atoms with van der Waals surface area (Å²) in [5.41, 5.74) is -0.304. The summed E-state index contributed by atoms with van der Waals surface area (Å²) in [5.74, 6) is 0. The van der Waals surface area contributed by atoms with Crippen LogP contribution in [0.3, 0.4) is 0 Å². The van der Waals surface area contributed by atoms with E-state index in [-0.39, 0.29) is 15.2 Å². The molecular weight excluding hydrogens is 318 g/mol. The molecule has 0 spiro atoms. The summed E-state index contributed by atoms with van der Waals surface area (Å²) >= 11 is 0.871. The van der Waals surface area contributed by atoms with Gasteiger partial charge in [-0.3, -0.25) is 0 Å². The second kappa shape index (κ2) is 5.33. The molecule has 3 heterocycles. The van der Waals surface area contributed by atoms with Crippen molar-refractivity contribution in [1.82, 2.24) is 23.6 Å². The Morgan fingerprint density at radius 1 is 1.24 bits per heavy atom. The smallest absolute Gasteiger partial charge is 0.334 e. The molecule has 114 valence electrons. The van der Waals surface area contributed by atoms with Crippen molar-refractivity contribution in [2.24, 2.45) is 7.05 Å². The number of imidazole rings is 1. The maximum atomic E-state index is 12.4. The summed E-state index contributed by atoms with van der Waals surface area (Å²) in [7, 11) is -2.08. The molecular formula is C10H13N5O4S2. The minimum absolute atomic E-state index is 0.116.